The van der Waals surface area contributed by atoms with Gasteiger partial charge in [0, 0.05) is 5.97 Å². The van der Waals surface area contributed by atoms with Gasteiger partial charge in [0.15, 0.2) is 0 Å². The Morgan fingerprint density at radius 1 is 0.667 bits per heavy atom. The van der Waals surface area contributed by atoms with Gasteiger partial charge in [0.2, 0.25) is 0 Å². The van der Waals surface area contributed by atoms with Crippen LogP contribution in [-0.2, 0) is 9.59 Å². The molecule has 0 aromatic rings. The molecule has 0 aliphatic carbocycles. The van der Waals surface area contributed by atoms with Gasteiger partial charge in [-0.3, -0.25) is 0 Å². The number of nitrogens with zero attached hydrogens (tertiary/aromatic N) is 1. The molecule has 0 heterocycles. The molecule has 0 unspecified atom stereocenters. The first-order valence-corrected chi connectivity index (χ1v) is 9.39. The molecule has 0 rings (SSSR count). The third kappa shape index (κ3) is 29.0. The Hall–Kier alpha value is -1.10. The van der Waals surface area contributed by atoms with Gasteiger partial charge < -0.3 is 24.3 Å². The lowest BCUT2D eigenvalue weighted by molar-refractivity contribution is -0.864. The number of carboxylic acids is 2. The van der Waals surface area contributed by atoms with Crippen LogP contribution in [0.2, 0.25) is 0 Å². The number of carbonyl (C=O) groups is 2. The van der Waals surface area contributed by atoms with Crippen molar-refractivity contribution in [1.29, 1.82) is 0 Å². The van der Waals surface area contributed by atoms with Crippen molar-refractivity contribution in [2.75, 3.05) is 27.7 Å². The molecule has 0 aliphatic heterocycles. The van der Waals surface area contributed by atoms with Gasteiger partial charge in [0.25, 0.3) is 0 Å². The van der Waals surface area contributed by atoms with Crippen molar-refractivity contribution < 1.29 is 24.3 Å². The van der Waals surface area contributed by atoms with Crippen molar-refractivity contribution in [3.05, 3.63) is 0 Å². The van der Waals surface area contributed by atoms with Gasteiger partial charge in [-0.1, -0.05) is 71.1 Å². The summed E-state index contributed by atoms with van der Waals surface area (Å²) in [4.78, 5) is 20.0. The largest absolute Gasteiger partial charge is 0.550 e. The number of carboxylic acid groups (broad SMARTS) is 2. The van der Waals surface area contributed by atoms with Gasteiger partial charge in [-0.25, -0.2) is 0 Å². The molecule has 0 saturated carbocycles. The number of likely N-dealkylation sites (N-methyl/N-ethyl adjacent to an activating group) is 1. The summed E-state index contributed by atoms with van der Waals surface area (Å²) in [6.45, 7) is 2.31. The maximum Gasteiger partial charge on any atom is 0.118 e. The van der Waals surface area contributed by atoms with Crippen LogP contribution in [0.3, 0.4) is 0 Å². The number of hydrogen-bond acceptors (Lipinski definition) is 4. The third-order valence-electron chi connectivity index (χ3n) is 3.59. The molecule has 0 atom stereocenters. The van der Waals surface area contributed by atoms with E-state index in [1.807, 2.05) is 0 Å². The van der Waals surface area contributed by atoms with Crippen LogP contribution in [0.1, 0.15) is 84.0 Å². The molecular weight excluding hydrogens is 306 g/mol. The summed E-state index contributed by atoms with van der Waals surface area (Å²) in [6.07, 6.45) is 14.0. The van der Waals surface area contributed by atoms with Crippen molar-refractivity contribution >= 4 is 11.9 Å². The van der Waals surface area contributed by atoms with Crippen molar-refractivity contribution in [3.63, 3.8) is 0 Å². The number of carbonyl (C=O) groups excluding carboxylic acids is 2. The highest BCUT2D eigenvalue weighted by atomic mass is 16.4. The van der Waals surface area contributed by atoms with Gasteiger partial charge >= 0.3 is 0 Å². The molecule has 24 heavy (non-hydrogen) atoms. The number of unbranched alkanes of at least 4 members (excludes halogenated alkanes) is 10. The Bertz CT molecular complexity index is 311. The van der Waals surface area contributed by atoms with Crippen LogP contribution in [0.4, 0.5) is 0 Å². The molecular formula is C19H38NO4-. The minimum Gasteiger partial charge on any atom is -0.550 e. The van der Waals surface area contributed by atoms with E-state index in [1.54, 1.807) is 21.1 Å². The van der Waals surface area contributed by atoms with Crippen molar-refractivity contribution in [1.82, 2.24) is 0 Å². The first-order valence-electron chi connectivity index (χ1n) is 9.39. The fraction of sp³-hybridized carbons (Fsp3) is 0.895. The molecule has 0 aromatic carbocycles. The smallest absolute Gasteiger partial charge is 0.118 e. The maximum absolute atomic E-state index is 10.1. The van der Waals surface area contributed by atoms with E-state index in [9.17, 15) is 19.8 Å². The van der Waals surface area contributed by atoms with Gasteiger partial charge in [0.1, 0.15) is 6.54 Å². The summed E-state index contributed by atoms with van der Waals surface area (Å²) in [7, 11) is 5.40. The summed E-state index contributed by atoms with van der Waals surface area (Å²) in [5, 5.41) is 20.0. The van der Waals surface area contributed by atoms with Crippen LogP contribution in [0.15, 0.2) is 0 Å². The number of rotatable bonds is 14. The lowest BCUT2D eigenvalue weighted by atomic mass is 10.1. The summed E-state index contributed by atoms with van der Waals surface area (Å²) in [5.74, 6) is -1.91. The molecule has 5 nitrogen and oxygen atoms in total. The van der Waals surface area contributed by atoms with Crippen molar-refractivity contribution in [2.24, 2.45) is 0 Å². The molecule has 0 N–H and O–H groups in total. The van der Waals surface area contributed by atoms with E-state index in [4.69, 9.17) is 0 Å². The molecule has 0 saturated heterocycles. The molecule has 0 bridgehead atoms. The highest BCUT2D eigenvalue weighted by molar-refractivity contribution is 5.65. The van der Waals surface area contributed by atoms with Crippen LogP contribution >= 0.6 is 0 Å². The fourth-order valence-electron chi connectivity index (χ4n) is 2.32. The van der Waals surface area contributed by atoms with Crippen LogP contribution < -0.4 is 10.2 Å². The standard InChI is InChI=1S/C14H28O2.C5H11NO2/c1-2-3-4-5-6-7-8-9-10-11-12-13-14(15)16;1-6(2,3)4-5(7)8/h2-13H2,1H3,(H,15,16);4H2,1-3H3/p-1. The van der Waals surface area contributed by atoms with Gasteiger partial charge in [0.05, 0.1) is 27.1 Å². The van der Waals surface area contributed by atoms with Crippen molar-refractivity contribution in [3.8, 4) is 0 Å². The highest BCUT2D eigenvalue weighted by Gasteiger charge is 2.04. The molecule has 0 spiro atoms. The van der Waals surface area contributed by atoms with E-state index in [-0.39, 0.29) is 13.0 Å². The number of hydrogen-bond donors (Lipinski definition) is 0. The Morgan fingerprint density at radius 3 is 1.29 bits per heavy atom. The Balaban J connectivity index is 0. The third-order valence-corrected chi connectivity index (χ3v) is 3.59. The van der Waals surface area contributed by atoms with E-state index in [0.717, 1.165) is 12.8 Å². The first kappa shape index (κ1) is 25.1. The summed E-state index contributed by atoms with van der Waals surface area (Å²) < 4.78 is 0.419. The van der Waals surface area contributed by atoms with Crippen LogP contribution in [0.25, 0.3) is 0 Å². The summed E-state index contributed by atoms with van der Waals surface area (Å²) in [5.41, 5.74) is 0. The first-order chi connectivity index (χ1) is 11.2. The molecule has 0 fully saturated rings. The molecule has 0 aromatic heterocycles. The second-order valence-corrected chi connectivity index (χ2v) is 7.48. The predicted octanol–water partition coefficient (Wildman–Crippen LogP) is 1.88. The fourth-order valence-corrected chi connectivity index (χ4v) is 2.32. The number of aliphatic carboxylic acids is 2. The monoisotopic (exact) mass is 344 g/mol. The van der Waals surface area contributed by atoms with E-state index >= 15 is 0 Å². The average Bonchev–Trinajstić information content (AvgIpc) is 2.42. The van der Waals surface area contributed by atoms with Crippen LogP contribution in [-0.4, -0.2) is 44.1 Å². The van der Waals surface area contributed by atoms with E-state index < -0.39 is 11.9 Å². The second kappa shape index (κ2) is 16.7. The molecule has 0 radical (unpaired) electrons. The lowest BCUT2D eigenvalue weighted by Crippen LogP contribution is -2.45. The van der Waals surface area contributed by atoms with E-state index in [1.165, 1.54) is 57.8 Å². The van der Waals surface area contributed by atoms with Crippen LogP contribution in [0.5, 0.6) is 0 Å². The molecule has 0 aliphatic rings. The Kier molecular flexibility index (Phi) is 17.5. The number of quaternary nitrogens is 1. The summed E-state index contributed by atoms with van der Waals surface area (Å²) in [6, 6.07) is 0. The molecule has 144 valence electrons. The maximum atomic E-state index is 10.1. The Labute approximate surface area is 148 Å². The van der Waals surface area contributed by atoms with E-state index in [2.05, 4.69) is 6.92 Å². The topological polar surface area (TPSA) is 80.3 Å². The van der Waals surface area contributed by atoms with Crippen LogP contribution in [0, 0.1) is 0 Å². The zero-order chi connectivity index (χ0) is 18.8. The van der Waals surface area contributed by atoms with E-state index in [0.29, 0.717) is 4.48 Å². The molecule has 5 heteroatoms. The normalized spacial score (nSPS) is 10.8. The zero-order valence-corrected chi connectivity index (χ0v) is 16.3. The Morgan fingerprint density at radius 2 is 1.04 bits per heavy atom. The highest BCUT2D eigenvalue weighted by Crippen LogP contribution is 2.11. The quantitative estimate of drug-likeness (QED) is 0.356. The predicted molar refractivity (Wildman–Crippen MR) is 94.0 cm³/mol. The minimum atomic E-state index is -1.00. The SMILES string of the molecule is CCCCCCCCCCCCCC(=O)[O-].C[N+](C)(C)CC(=O)[O-]. The van der Waals surface area contributed by atoms with Gasteiger partial charge in [-0.05, 0) is 12.8 Å². The van der Waals surface area contributed by atoms with Crippen molar-refractivity contribution in [2.45, 2.75) is 84.0 Å². The lowest BCUT2D eigenvalue weighted by Gasteiger charge is -2.23. The minimum absolute atomic E-state index is 0.0694. The molecule has 0 amide bonds. The van der Waals surface area contributed by atoms with Gasteiger partial charge in [-0.15, -0.1) is 0 Å². The average molecular weight is 345 g/mol. The summed E-state index contributed by atoms with van der Waals surface area (Å²) >= 11 is 0. The van der Waals surface area contributed by atoms with Gasteiger partial charge in [-0.2, -0.15) is 0 Å². The zero-order valence-electron chi connectivity index (χ0n) is 16.3. The second-order valence-electron chi connectivity index (χ2n) is 7.48.